The van der Waals surface area contributed by atoms with Gasteiger partial charge in [0.2, 0.25) is 11.7 Å². The number of aryl methyl sites for hydroxylation is 1. The Balaban J connectivity index is 1.78. The Bertz CT molecular complexity index is 766. The van der Waals surface area contributed by atoms with Crippen molar-refractivity contribution >= 4 is 5.78 Å². The van der Waals surface area contributed by atoms with Crippen molar-refractivity contribution in [2.45, 2.75) is 13.3 Å². The molecule has 5 heteroatoms. The van der Waals surface area contributed by atoms with E-state index in [9.17, 15) is 4.79 Å². The van der Waals surface area contributed by atoms with Crippen molar-refractivity contribution in [3.8, 4) is 11.5 Å². The second kappa shape index (κ2) is 5.66. The molecular formula is C16H13N3O2. The van der Waals surface area contributed by atoms with E-state index in [1.165, 1.54) is 0 Å². The lowest BCUT2D eigenvalue weighted by Gasteiger charge is -1.96. The number of carbonyl (C=O) groups is 1. The molecule has 0 aliphatic heterocycles. The second-order valence-electron chi connectivity index (χ2n) is 4.64. The molecule has 1 aromatic carbocycles. The SMILES string of the molecule is Cc1cccc(-c2noc(CC(=O)c3ccccc3)n2)n1. The molecule has 104 valence electrons. The predicted octanol–water partition coefficient (Wildman–Crippen LogP) is 2.87. The third-order valence-corrected chi connectivity index (χ3v) is 2.99. The first kappa shape index (κ1) is 13.2. The van der Waals surface area contributed by atoms with Crippen LogP contribution in [0, 0.1) is 6.92 Å². The van der Waals surface area contributed by atoms with Crippen LogP contribution in [0.1, 0.15) is 21.9 Å². The zero-order valence-corrected chi connectivity index (χ0v) is 11.5. The first-order valence-corrected chi connectivity index (χ1v) is 6.57. The molecule has 0 radical (unpaired) electrons. The number of nitrogens with zero attached hydrogens (tertiary/aromatic N) is 3. The number of ketones is 1. The normalized spacial score (nSPS) is 10.5. The van der Waals surface area contributed by atoms with E-state index in [0.717, 1.165) is 5.69 Å². The molecular weight excluding hydrogens is 266 g/mol. The molecule has 0 unspecified atom stereocenters. The summed E-state index contributed by atoms with van der Waals surface area (Å²) in [5, 5.41) is 3.87. The topological polar surface area (TPSA) is 68.9 Å². The van der Waals surface area contributed by atoms with Gasteiger partial charge >= 0.3 is 0 Å². The Morgan fingerprint density at radius 3 is 2.62 bits per heavy atom. The third-order valence-electron chi connectivity index (χ3n) is 2.99. The van der Waals surface area contributed by atoms with E-state index in [-0.39, 0.29) is 12.2 Å². The predicted molar refractivity (Wildman–Crippen MR) is 76.7 cm³/mol. The molecule has 0 aliphatic rings. The third kappa shape index (κ3) is 3.02. The molecule has 3 aromatic rings. The maximum Gasteiger partial charge on any atom is 0.234 e. The lowest BCUT2D eigenvalue weighted by atomic mass is 10.1. The van der Waals surface area contributed by atoms with Crippen LogP contribution in [0.3, 0.4) is 0 Å². The van der Waals surface area contributed by atoms with Crippen LogP contribution in [0.25, 0.3) is 11.5 Å². The van der Waals surface area contributed by atoms with Crippen LogP contribution in [0.5, 0.6) is 0 Å². The zero-order valence-electron chi connectivity index (χ0n) is 11.5. The molecule has 0 atom stereocenters. The highest BCUT2D eigenvalue weighted by Crippen LogP contribution is 2.14. The Morgan fingerprint density at radius 2 is 1.86 bits per heavy atom. The number of benzene rings is 1. The minimum absolute atomic E-state index is 0.0528. The molecule has 0 saturated heterocycles. The molecule has 0 aliphatic carbocycles. The fourth-order valence-electron chi connectivity index (χ4n) is 1.96. The second-order valence-corrected chi connectivity index (χ2v) is 4.64. The van der Waals surface area contributed by atoms with Crippen molar-refractivity contribution in [2.75, 3.05) is 0 Å². The van der Waals surface area contributed by atoms with E-state index in [0.29, 0.717) is 23.0 Å². The van der Waals surface area contributed by atoms with Gasteiger partial charge in [-0.3, -0.25) is 4.79 Å². The van der Waals surface area contributed by atoms with Crippen molar-refractivity contribution in [3.63, 3.8) is 0 Å². The highest BCUT2D eigenvalue weighted by atomic mass is 16.5. The maximum absolute atomic E-state index is 12.1. The van der Waals surface area contributed by atoms with Gasteiger partial charge in [-0.1, -0.05) is 41.6 Å². The van der Waals surface area contributed by atoms with Gasteiger partial charge in [0.1, 0.15) is 5.69 Å². The quantitative estimate of drug-likeness (QED) is 0.687. The number of Topliss-reactive ketones (excluding diaryl/α,β-unsaturated/α-hetero) is 1. The van der Waals surface area contributed by atoms with Gasteiger partial charge in [-0.2, -0.15) is 4.98 Å². The summed E-state index contributed by atoms with van der Waals surface area (Å²) in [6, 6.07) is 14.6. The zero-order chi connectivity index (χ0) is 14.7. The van der Waals surface area contributed by atoms with Gasteiger partial charge in [-0.05, 0) is 19.1 Å². The number of pyridine rings is 1. The average Bonchev–Trinajstić information content (AvgIpc) is 2.97. The molecule has 3 rings (SSSR count). The molecule has 0 N–H and O–H groups in total. The summed E-state index contributed by atoms with van der Waals surface area (Å²) in [6.45, 7) is 1.89. The Kier molecular flexibility index (Phi) is 3.55. The lowest BCUT2D eigenvalue weighted by molar-refractivity contribution is 0.0983. The van der Waals surface area contributed by atoms with Gasteiger partial charge in [-0.15, -0.1) is 0 Å². The highest BCUT2D eigenvalue weighted by molar-refractivity contribution is 5.96. The number of hydrogen-bond donors (Lipinski definition) is 0. The minimum Gasteiger partial charge on any atom is -0.338 e. The number of hydrogen-bond acceptors (Lipinski definition) is 5. The summed E-state index contributed by atoms with van der Waals surface area (Å²) in [7, 11) is 0. The molecule has 2 aromatic heterocycles. The Morgan fingerprint density at radius 1 is 1.05 bits per heavy atom. The first-order chi connectivity index (χ1) is 10.2. The van der Waals surface area contributed by atoms with Gasteiger partial charge in [-0.25, -0.2) is 4.98 Å². The minimum atomic E-state index is -0.0528. The van der Waals surface area contributed by atoms with Gasteiger partial charge in [0.25, 0.3) is 0 Å². The maximum atomic E-state index is 12.1. The summed E-state index contributed by atoms with van der Waals surface area (Å²) in [4.78, 5) is 20.6. The standard InChI is InChI=1S/C16H13N3O2/c1-11-6-5-9-13(17-11)16-18-15(21-19-16)10-14(20)12-7-3-2-4-8-12/h2-9H,10H2,1H3. The van der Waals surface area contributed by atoms with Crippen LogP contribution in [-0.4, -0.2) is 20.9 Å². The van der Waals surface area contributed by atoms with E-state index in [2.05, 4.69) is 15.1 Å². The molecule has 21 heavy (non-hydrogen) atoms. The largest absolute Gasteiger partial charge is 0.338 e. The smallest absolute Gasteiger partial charge is 0.234 e. The highest BCUT2D eigenvalue weighted by Gasteiger charge is 2.14. The van der Waals surface area contributed by atoms with E-state index in [1.807, 2.05) is 37.3 Å². The summed E-state index contributed by atoms with van der Waals surface area (Å²) < 4.78 is 5.13. The number of rotatable bonds is 4. The van der Waals surface area contributed by atoms with E-state index in [1.54, 1.807) is 18.2 Å². The van der Waals surface area contributed by atoms with Crippen LogP contribution in [-0.2, 0) is 6.42 Å². The molecule has 0 spiro atoms. The van der Waals surface area contributed by atoms with E-state index in [4.69, 9.17) is 4.52 Å². The van der Waals surface area contributed by atoms with Crippen LogP contribution < -0.4 is 0 Å². The molecule has 2 heterocycles. The molecule has 0 fully saturated rings. The summed E-state index contributed by atoms with van der Waals surface area (Å²) in [5.74, 6) is 0.639. The summed E-state index contributed by atoms with van der Waals surface area (Å²) in [5.41, 5.74) is 2.14. The van der Waals surface area contributed by atoms with Crippen molar-refractivity contribution in [1.82, 2.24) is 15.1 Å². The molecule has 0 bridgehead atoms. The molecule has 5 nitrogen and oxygen atoms in total. The van der Waals surface area contributed by atoms with Crippen molar-refractivity contribution < 1.29 is 9.32 Å². The Labute approximate surface area is 121 Å². The summed E-state index contributed by atoms with van der Waals surface area (Å²) >= 11 is 0. The van der Waals surface area contributed by atoms with Gasteiger partial charge in [0, 0.05) is 11.3 Å². The van der Waals surface area contributed by atoms with Crippen LogP contribution in [0.4, 0.5) is 0 Å². The molecule has 0 amide bonds. The van der Waals surface area contributed by atoms with E-state index < -0.39 is 0 Å². The fraction of sp³-hybridized carbons (Fsp3) is 0.125. The number of aromatic nitrogens is 3. The number of carbonyl (C=O) groups excluding carboxylic acids is 1. The van der Waals surface area contributed by atoms with Gasteiger partial charge in [0.05, 0.1) is 6.42 Å². The lowest BCUT2D eigenvalue weighted by Crippen LogP contribution is -2.03. The van der Waals surface area contributed by atoms with E-state index >= 15 is 0 Å². The van der Waals surface area contributed by atoms with Gasteiger partial charge < -0.3 is 4.52 Å². The van der Waals surface area contributed by atoms with Crippen LogP contribution in [0.2, 0.25) is 0 Å². The fourth-order valence-corrected chi connectivity index (χ4v) is 1.96. The van der Waals surface area contributed by atoms with Crippen molar-refractivity contribution in [3.05, 3.63) is 65.7 Å². The van der Waals surface area contributed by atoms with Crippen LogP contribution >= 0.6 is 0 Å². The monoisotopic (exact) mass is 279 g/mol. The van der Waals surface area contributed by atoms with Crippen molar-refractivity contribution in [1.29, 1.82) is 0 Å². The Hall–Kier alpha value is -2.82. The van der Waals surface area contributed by atoms with Gasteiger partial charge in [0.15, 0.2) is 5.78 Å². The summed E-state index contributed by atoms with van der Waals surface area (Å²) in [6.07, 6.45) is 0.0861. The van der Waals surface area contributed by atoms with Crippen LogP contribution in [0.15, 0.2) is 53.1 Å². The van der Waals surface area contributed by atoms with Crippen molar-refractivity contribution in [2.24, 2.45) is 0 Å². The average molecular weight is 279 g/mol. The first-order valence-electron chi connectivity index (χ1n) is 6.57. The molecule has 0 saturated carbocycles.